The molecule has 0 aliphatic heterocycles. The Morgan fingerprint density at radius 3 is 2.70 bits per heavy atom. The SMILES string of the molecule is CC(C)c1ccc(O)c(NC(=S)NC(=O)c2cncc(Br)c2)c1. The Morgan fingerprint density at radius 1 is 1.30 bits per heavy atom. The molecule has 0 spiro atoms. The van der Waals surface area contributed by atoms with Crippen molar-refractivity contribution in [2.24, 2.45) is 0 Å². The molecule has 0 fully saturated rings. The summed E-state index contributed by atoms with van der Waals surface area (Å²) in [6.45, 7) is 4.10. The van der Waals surface area contributed by atoms with Gasteiger partial charge in [0, 0.05) is 16.9 Å². The molecule has 7 heteroatoms. The summed E-state index contributed by atoms with van der Waals surface area (Å²) in [5.41, 5.74) is 1.88. The fourth-order valence-electron chi connectivity index (χ4n) is 1.88. The standard InChI is InChI=1S/C16H16BrN3O2S/c1-9(2)10-3-4-14(21)13(6-10)19-16(23)20-15(22)11-5-12(17)8-18-7-11/h3-9,21H,1-2H3,(H2,19,20,22,23). The number of phenolic OH excluding ortho intramolecular Hbond substituents is 1. The minimum atomic E-state index is -0.379. The highest BCUT2D eigenvalue weighted by Gasteiger charge is 2.11. The van der Waals surface area contributed by atoms with Gasteiger partial charge in [-0.05, 0) is 57.8 Å². The first-order valence-electron chi connectivity index (χ1n) is 6.92. The van der Waals surface area contributed by atoms with Crippen molar-refractivity contribution in [2.45, 2.75) is 19.8 Å². The summed E-state index contributed by atoms with van der Waals surface area (Å²) in [6.07, 6.45) is 3.03. The molecule has 0 aliphatic rings. The van der Waals surface area contributed by atoms with E-state index in [1.54, 1.807) is 24.4 Å². The molecule has 0 radical (unpaired) electrons. The van der Waals surface area contributed by atoms with E-state index in [-0.39, 0.29) is 16.8 Å². The Hall–Kier alpha value is -1.99. The first-order valence-corrected chi connectivity index (χ1v) is 8.12. The van der Waals surface area contributed by atoms with Gasteiger partial charge >= 0.3 is 0 Å². The van der Waals surface area contributed by atoms with E-state index in [9.17, 15) is 9.90 Å². The van der Waals surface area contributed by atoms with Crippen LogP contribution in [0.2, 0.25) is 0 Å². The van der Waals surface area contributed by atoms with Gasteiger partial charge in [-0.2, -0.15) is 0 Å². The van der Waals surface area contributed by atoms with Gasteiger partial charge in [-0.15, -0.1) is 0 Å². The third kappa shape index (κ3) is 4.74. The molecule has 120 valence electrons. The van der Waals surface area contributed by atoms with Gasteiger partial charge in [0.1, 0.15) is 5.75 Å². The molecule has 23 heavy (non-hydrogen) atoms. The molecule has 1 heterocycles. The average Bonchev–Trinajstić information content (AvgIpc) is 2.49. The van der Waals surface area contributed by atoms with E-state index in [4.69, 9.17) is 12.2 Å². The number of nitrogens with one attached hydrogen (secondary N) is 2. The number of rotatable bonds is 3. The highest BCUT2D eigenvalue weighted by atomic mass is 79.9. The number of carbonyl (C=O) groups is 1. The number of nitrogens with zero attached hydrogens (tertiary/aromatic N) is 1. The lowest BCUT2D eigenvalue weighted by Gasteiger charge is -2.13. The van der Waals surface area contributed by atoms with E-state index in [0.29, 0.717) is 21.6 Å². The first-order chi connectivity index (χ1) is 10.9. The molecule has 0 saturated heterocycles. The Labute approximate surface area is 148 Å². The van der Waals surface area contributed by atoms with Crippen LogP contribution in [0.5, 0.6) is 5.75 Å². The second kappa shape index (κ2) is 7.52. The van der Waals surface area contributed by atoms with Crippen molar-refractivity contribution in [3.05, 3.63) is 52.3 Å². The number of amides is 1. The van der Waals surface area contributed by atoms with Crippen LogP contribution in [0.3, 0.4) is 0 Å². The van der Waals surface area contributed by atoms with Crippen LogP contribution in [0.1, 0.15) is 35.7 Å². The first kappa shape index (κ1) is 17.4. The summed E-state index contributed by atoms with van der Waals surface area (Å²) in [7, 11) is 0. The number of hydrogen-bond acceptors (Lipinski definition) is 4. The van der Waals surface area contributed by atoms with E-state index in [2.05, 4.69) is 45.4 Å². The number of halogens is 1. The topological polar surface area (TPSA) is 74.2 Å². The number of thiocarbonyl (C=S) groups is 1. The largest absolute Gasteiger partial charge is 0.506 e. The average molecular weight is 394 g/mol. The molecule has 0 aliphatic carbocycles. The van der Waals surface area contributed by atoms with E-state index in [1.807, 2.05) is 6.07 Å². The van der Waals surface area contributed by atoms with Crippen LogP contribution in [0.15, 0.2) is 41.1 Å². The van der Waals surface area contributed by atoms with E-state index >= 15 is 0 Å². The van der Waals surface area contributed by atoms with Crippen molar-refractivity contribution >= 4 is 44.9 Å². The van der Waals surface area contributed by atoms with Crippen LogP contribution in [-0.2, 0) is 0 Å². The molecule has 1 aromatic heterocycles. The number of pyridine rings is 1. The number of carbonyl (C=O) groups excluding carboxylic acids is 1. The van der Waals surface area contributed by atoms with Crippen LogP contribution in [0.4, 0.5) is 5.69 Å². The maximum absolute atomic E-state index is 12.1. The maximum atomic E-state index is 12.1. The third-order valence-corrected chi connectivity index (χ3v) is 3.77. The van der Waals surface area contributed by atoms with Gasteiger partial charge in [-0.3, -0.25) is 15.1 Å². The smallest absolute Gasteiger partial charge is 0.259 e. The van der Waals surface area contributed by atoms with Gasteiger partial charge in [-0.1, -0.05) is 19.9 Å². The molecule has 0 bridgehead atoms. The molecule has 5 nitrogen and oxygen atoms in total. The Balaban J connectivity index is 2.08. The van der Waals surface area contributed by atoms with Gasteiger partial charge in [0.05, 0.1) is 11.3 Å². The van der Waals surface area contributed by atoms with Crippen molar-refractivity contribution in [2.75, 3.05) is 5.32 Å². The second-order valence-electron chi connectivity index (χ2n) is 5.23. The molecular weight excluding hydrogens is 378 g/mol. The van der Waals surface area contributed by atoms with Crippen molar-refractivity contribution in [3.63, 3.8) is 0 Å². The second-order valence-corrected chi connectivity index (χ2v) is 6.56. The number of anilines is 1. The van der Waals surface area contributed by atoms with Gasteiger partial charge < -0.3 is 10.4 Å². The van der Waals surface area contributed by atoms with Gasteiger partial charge in [0.25, 0.3) is 5.91 Å². The van der Waals surface area contributed by atoms with Crippen molar-refractivity contribution in [1.82, 2.24) is 10.3 Å². The highest BCUT2D eigenvalue weighted by Crippen LogP contribution is 2.27. The van der Waals surface area contributed by atoms with Crippen molar-refractivity contribution in [3.8, 4) is 5.75 Å². The lowest BCUT2D eigenvalue weighted by atomic mass is 10.0. The molecule has 1 amide bonds. The summed E-state index contributed by atoms with van der Waals surface area (Å²) < 4.78 is 0.700. The molecule has 0 unspecified atom stereocenters. The van der Waals surface area contributed by atoms with Crippen LogP contribution in [-0.4, -0.2) is 21.1 Å². The zero-order chi connectivity index (χ0) is 17.0. The summed E-state index contributed by atoms with van der Waals surface area (Å²) in [6, 6.07) is 6.89. The van der Waals surface area contributed by atoms with Crippen molar-refractivity contribution in [1.29, 1.82) is 0 Å². The fourth-order valence-corrected chi connectivity index (χ4v) is 2.45. The molecule has 1 aromatic carbocycles. The van der Waals surface area contributed by atoms with Gasteiger partial charge in [0.15, 0.2) is 5.11 Å². The predicted octanol–water partition coefficient (Wildman–Crippen LogP) is 3.80. The van der Waals surface area contributed by atoms with E-state index in [1.165, 1.54) is 6.20 Å². The number of aromatic hydroxyl groups is 1. The molecule has 0 atom stereocenters. The summed E-state index contributed by atoms with van der Waals surface area (Å²) in [5, 5.41) is 15.4. The number of benzene rings is 1. The minimum Gasteiger partial charge on any atom is -0.506 e. The van der Waals surface area contributed by atoms with E-state index in [0.717, 1.165) is 5.56 Å². The number of aromatic nitrogens is 1. The highest BCUT2D eigenvalue weighted by molar-refractivity contribution is 9.10. The lowest BCUT2D eigenvalue weighted by molar-refractivity contribution is 0.0977. The summed E-state index contributed by atoms with van der Waals surface area (Å²) in [4.78, 5) is 16.0. The van der Waals surface area contributed by atoms with Crippen molar-refractivity contribution < 1.29 is 9.90 Å². The number of phenols is 1. The molecule has 2 rings (SSSR count). The van der Waals surface area contributed by atoms with Crippen LogP contribution in [0.25, 0.3) is 0 Å². The van der Waals surface area contributed by atoms with E-state index < -0.39 is 0 Å². The molecule has 0 saturated carbocycles. The summed E-state index contributed by atoms with van der Waals surface area (Å²) in [5.74, 6) is -0.00187. The number of hydrogen-bond donors (Lipinski definition) is 3. The minimum absolute atomic E-state index is 0.0649. The van der Waals surface area contributed by atoms with Crippen LogP contribution >= 0.6 is 28.1 Å². The zero-order valence-electron chi connectivity index (χ0n) is 12.6. The van der Waals surface area contributed by atoms with Gasteiger partial charge in [-0.25, -0.2) is 0 Å². The van der Waals surface area contributed by atoms with Gasteiger partial charge in [0.2, 0.25) is 0 Å². The normalized spacial score (nSPS) is 10.4. The van der Waals surface area contributed by atoms with Crippen LogP contribution in [0, 0.1) is 0 Å². The summed E-state index contributed by atoms with van der Waals surface area (Å²) >= 11 is 8.38. The lowest BCUT2D eigenvalue weighted by Crippen LogP contribution is -2.34. The quantitative estimate of drug-likeness (QED) is 0.546. The predicted molar refractivity (Wildman–Crippen MR) is 97.8 cm³/mol. The Morgan fingerprint density at radius 2 is 2.04 bits per heavy atom. The molecule has 2 aromatic rings. The Kier molecular flexibility index (Phi) is 5.68. The monoisotopic (exact) mass is 393 g/mol. The maximum Gasteiger partial charge on any atom is 0.259 e. The molecular formula is C16H16BrN3O2S. The molecule has 3 N–H and O–H groups in total. The van der Waals surface area contributed by atoms with Crippen LogP contribution < -0.4 is 10.6 Å². The third-order valence-electron chi connectivity index (χ3n) is 3.13. The zero-order valence-corrected chi connectivity index (χ0v) is 15.0. The Bertz CT molecular complexity index is 750. The fraction of sp³-hybridized carbons (Fsp3) is 0.188.